The third-order valence-corrected chi connectivity index (χ3v) is 5.65. The summed E-state index contributed by atoms with van der Waals surface area (Å²) < 4.78 is 31.8. The van der Waals surface area contributed by atoms with Gasteiger partial charge in [0.1, 0.15) is 10.6 Å². The molecule has 2 aromatic rings. The van der Waals surface area contributed by atoms with Crippen LogP contribution in [0.4, 0.5) is 0 Å². The number of hydrogen-bond acceptors (Lipinski definition) is 4. The van der Waals surface area contributed by atoms with Crippen molar-refractivity contribution in [3.8, 4) is 5.75 Å². The first-order chi connectivity index (χ1) is 10.1. The van der Waals surface area contributed by atoms with Crippen LogP contribution in [-0.2, 0) is 22.9 Å². The fourth-order valence-corrected chi connectivity index (χ4v) is 3.93. The number of hydrogen-bond donors (Lipinski definition) is 1. The average Bonchev–Trinajstić information content (AvgIpc) is 2.94. The lowest BCUT2D eigenvalue weighted by molar-refractivity contribution is 0.414. The highest BCUT2D eigenvalue weighted by Gasteiger charge is 2.27. The van der Waals surface area contributed by atoms with Gasteiger partial charge in [0.2, 0.25) is 10.0 Å². The normalized spacial score (nSPS) is 16.2. The molecule has 0 fully saturated rings. The van der Waals surface area contributed by atoms with Gasteiger partial charge >= 0.3 is 0 Å². The van der Waals surface area contributed by atoms with E-state index in [2.05, 4.69) is 10.2 Å². The molecule has 0 saturated carbocycles. The predicted octanol–water partition coefficient (Wildman–Crippen LogP) is 1.21. The highest BCUT2D eigenvalue weighted by Crippen LogP contribution is 2.24. The second-order valence-electron chi connectivity index (χ2n) is 4.97. The van der Waals surface area contributed by atoms with Crippen LogP contribution in [0.15, 0.2) is 35.5 Å². The van der Waals surface area contributed by atoms with Crippen molar-refractivity contribution in [3.63, 3.8) is 0 Å². The third-order valence-electron chi connectivity index (χ3n) is 3.79. The molecule has 7 heteroatoms. The van der Waals surface area contributed by atoms with Gasteiger partial charge in [-0.3, -0.25) is 5.10 Å². The molecule has 0 amide bonds. The SMILES string of the molecule is COc1ccc2c(c1)CCN(S(=O)(=O)c1cn[nH]c1)CC2. The molecule has 0 spiro atoms. The first-order valence-corrected chi connectivity index (χ1v) is 8.20. The molecule has 1 aromatic heterocycles. The first kappa shape index (κ1) is 14.1. The van der Waals surface area contributed by atoms with Crippen molar-refractivity contribution < 1.29 is 13.2 Å². The van der Waals surface area contributed by atoms with Crippen molar-refractivity contribution in [3.05, 3.63) is 41.7 Å². The molecule has 0 unspecified atom stereocenters. The number of fused-ring (bicyclic) bond motifs is 1. The van der Waals surface area contributed by atoms with Crippen LogP contribution in [-0.4, -0.2) is 43.1 Å². The molecule has 0 bridgehead atoms. The minimum absolute atomic E-state index is 0.214. The van der Waals surface area contributed by atoms with Gasteiger partial charge in [0.05, 0.1) is 13.3 Å². The molecule has 1 aliphatic heterocycles. The van der Waals surface area contributed by atoms with Crippen LogP contribution in [0.1, 0.15) is 11.1 Å². The lowest BCUT2D eigenvalue weighted by Crippen LogP contribution is -2.33. The molecule has 1 aromatic carbocycles. The molecule has 21 heavy (non-hydrogen) atoms. The second kappa shape index (κ2) is 5.50. The van der Waals surface area contributed by atoms with Gasteiger partial charge in [0, 0.05) is 19.3 Å². The summed E-state index contributed by atoms with van der Waals surface area (Å²) in [7, 11) is -1.83. The third kappa shape index (κ3) is 2.66. The largest absolute Gasteiger partial charge is 0.497 e. The maximum absolute atomic E-state index is 12.5. The molecule has 0 aliphatic carbocycles. The fraction of sp³-hybridized carbons (Fsp3) is 0.357. The van der Waals surface area contributed by atoms with E-state index in [0.717, 1.165) is 11.3 Å². The van der Waals surface area contributed by atoms with E-state index in [-0.39, 0.29) is 4.90 Å². The van der Waals surface area contributed by atoms with Crippen molar-refractivity contribution in [1.82, 2.24) is 14.5 Å². The summed E-state index contributed by atoms with van der Waals surface area (Å²) >= 11 is 0. The van der Waals surface area contributed by atoms with E-state index in [4.69, 9.17) is 4.74 Å². The predicted molar refractivity (Wildman–Crippen MR) is 77.7 cm³/mol. The second-order valence-corrected chi connectivity index (χ2v) is 6.91. The lowest BCUT2D eigenvalue weighted by Gasteiger charge is -2.18. The van der Waals surface area contributed by atoms with Crippen LogP contribution in [0, 0.1) is 0 Å². The summed E-state index contributed by atoms with van der Waals surface area (Å²) in [5.74, 6) is 0.805. The summed E-state index contributed by atoms with van der Waals surface area (Å²) in [6.45, 7) is 0.945. The first-order valence-electron chi connectivity index (χ1n) is 6.76. The number of aromatic nitrogens is 2. The Labute approximate surface area is 123 Å². The van der Waals surface area contributed by atoms with Crippen molar-refractivity contribution in [2.75, 3.05) is 20.2 Å². The zero-order valence-electron chi connectivity index (χ0n) is 11.7. The van der Waals surface area contributed by atoms with Gasteiger partial charge in [-0.25, -0.2) is 8.42 Å². The van der Waals surface area contributed by atoms with Crippen molar-refractivity contribution >= 4 is 10.0 Å². The average molecular weight is 307 g/mol. The Hall–Kier alpha value is -1.86. The van der Waals surface area contributed by atoms with Gasteiger partial charge < -0.3 is 4.74 Å². The van der Waals surface area contributed by atoms with Crippen LogP contribution < -0.4 is 4.74 Å². The summed E-state index contributed by atoms with van der Waals surface area (Å²) in [5, 5.41) is 6.27. The van der Waals surface area contributed by atoms with E-state index in [0.29, 0.717) is 25.9 Å². The molecule has 0 atom stereocenters. The molecule has 0 radical (unpaired) electrons. The number of H-pyrrole nitrogens is 1. The van der Waals surface area contributed by atoms with Crippen LogP contribution in [0.2, 0.25) is 0 Å². The summed E-state index contributed by atoms with van der Waals surface area (Å²) in [4.78, 5) is 0.214. The highest BCUT2D eigenvalue weighted by molar-refractivity contribution is 7.89. The molecule has 0 saturated heterocycles. The maximum atomic E-state index is 12.5. The topological polar surface area (TPSA) is 75.3 Å². The summed E-state index contributed by atoms with van der Waals surface area (Å²) in [6, 6.07) is 5.92. The van der Waals surface area contributed by atoms with Crippen LogP contribution in [0.25, 0.3) is 0 Å². The Bertz CT molecular complexity index is 726. The monoisotopic (exact) mass is 307 g/mol. The standard InChI is InChI=1S/C14H17N3O3S/c1-20-13-3-2-11-4-6-17(7-5-12(11)8-13)21(18,19)14-9-15-16-10-14/h2-3,8-10H,4-7H2,1H3,(H,15,16). The molecular formula is C14H17N3O3S. The molecule has 2 heterocycles. The molecule has 1 N–H and O–H groups in total. The summed E-state index contributed by atoms with van der Waals surface area (Å²) in [6.07, 6.45) is 4.15. The van der Waals surface area contributed by atoms with Gasteiger partial charge in [0.15, 0.2) is 0 Å². The van der Waals surface area contributed by atoms with E-state index >= 15 is 0 Å². The Morgan fingerprint density at radius 1 is 1.24 bits per heavy atom. The lowest BCUT2D eigenvalue weighted by atomic mass is 10.0. The molecule has 6 nitrogen and oxygen atoms in total. The van der Waals surface area contributed by atoms with Gasteiger partial charge in [0.25, 0.3) is 0 Å². The van der Waals surface area contributed by atoms with Gasteiger partial charge in [-0.15, -0.1) is 0 Å². The number of benzene rings is 1. The van der Waals surface area contributed by atoms with Gasteiger partial charge in [-0.1, -0.05) is 6.07 Å². The Balaban J connectivity index is 1.85. The minimum atomic E-state index is -3.47. The maximum Gasteiger partial charge on any atom is 0.246 e. The van der Waals surface area contributed by atoms with Crippen LogP contribution >= 0.6 is 0 Å². The van der Waals surface area contributed by atoms with Crippen molar-refractivity contribution in [2.24, 2.45) is 0 Å². The molecule has 3 rings (SSSR count). The van der Waals surface area contributed by atoms with E-state index in [9.17, 15) is 8.42 Å². The number of sulfonamides is 1. The number of aromatic amines is 1. The molecule has 112 valence electrons. The van der Waals surface area contributed by atoms with Crippen LogP contribution in [0.3, 0.4) is 0 Å². The number of nitrogens with zero attached hydrogens (tertiary/aromatic N) is 2. The number of nitrogens with one attached hydrogen (secondary N) is 1. The minimum Gasteiger partial charge on any atom is -0.497 e. The molecule has 1 aliphatic rings. The summed E-state index contributed by atoms with van der Waals surface area (Å²) in [5.41, 5.74) is 2.33. The number of methoxy groups -OCH3 is 1. The Morgan fingerprint density at radius 3 is 2.67 bits per heavy atom. The smallest absolute Gasteiger partial charge is 0.246 e. The number of rotatable bonds is 3. The number of ether oxygens (including phenoxy) is 1. The Morgan fingerprint density at radius 2 is 2.00 bits per heavy atom. The molecular weight excluding hydrogens is 290 g/mol. The highest BCUT2D eigenvalue weighted by atomic mass is 32.2. The van der Waals surface area contributed by atoms with Crippen molar-refractivity contribution in [1.29, 1.82) is 0 Å². The zero-order chi connectivity index (χ0) is 14.9. The van der Waals surface area contributed by atoms with E-state index in [1.807, 2.05) is 18.2 Å². The van der Waals surface area contributed by atoms with E-state index in [1.165, 1.54) is 22.3 Å². The van der Waals surface area contributed by atoms with Gasteiger partial charge in [-0.2, -0.15) is 9.40 Å². The van der Waals surface area contributed by atoms with E-state index in [1.54, 1.807) is 7.11 Å². The van der Waals surface area contributed by atoms with Crippen LogP contribution in [0.5, 0.6) is 5.75 Å². The van der Waals surface area contributed by atoms with E-state index < -0.39 is 10.0 Å². The van der Waals surface area contributed by atoms with Crippen molar-refractivity contribution in [2.45, 2.75) is 17.7 Å². The quantitative estimate of drug-likeness (QED) is 0.925. The van der Waals surface area contributed by atoms with Gasteiger partial charge in [-0.05, 0) is 36.1 Å². The fourth-order valence-electron chi connectivity index (χ4n) is 2.58. The zero-order valence-corrected chi connectivity index (χ0v) is 12.6. The Kier molecular flexibility index (Phi) is 3.69.